The van der Waals surface area contributed by atoms with Crippen molar-refractivity contribution >= 4 is 0 Å². The molecule has 1 saturated carbocycles. The molecular formula is C19H38O. The summed E-state index contributed by atoms with van der Waals surface area (Å²) in [4.78, 5) is 0. The van der Waals surface area contributed by atoms with Crippen molar-refractivity contribution in [1.29, 1.82) is 0 Å². The van der Waals surface area contributed by atoms with Crippen molar-refractivity contribution in [1.82, 2.24) is 0 Å². The molecule has 0 amide bonds. The van der Waals surface area contributed by atoms with Gasteiger partial charge in [-0.05, 0) is 37.0 Å². The van der Waals surface area contributed by atoms with Crippen molar-refractivity contribution in [3.63, 3.8) is 0 Å². The van der Waals surface area contributed by atoms with Gasteiger partial charge in [0.2, 0.25) is 0 Å². The Morgan fingerprint density at radius 2 is 1.60 bits per heavy atom. The third kappa shape index (κ3) is 6.61. The number of rotatable bonds is 10. The van der Waals surface area contributed by atoms with Gasteiger partial charge in [0, 0.05) is 0 Å². The Morgan fingerprint density at radius 1 is 0.950 bits per heavy atom. The van der Waals surface area contributed by atoms with Crippen LogP contribution in [-0.2, 0) is 0 Å². The molecule has 1 aliphatic carbocycles. The summed E-state index contributed by atoms with van der Waals surface area (Å²) < 4.78 is 0. The highest BCUT2D eigenvalue weighted by Gasteiger charge is 2.27. The quantitative estimate of drug-likeness (QED) is 0.525. The second kappa shape index (κ2) is 10.7. The molecule has 0 radical (unpaired) electrons. The first-order valence-corrected chi connectivity index (χ1v) is 9.39. The normalized spacial score (nSPS) is 26.4. The molecular weight excluding hydrogens is 244 g/mol. The average Bonchev–Trinajstić information content (AvgIpc) is 2.49. The molecule has 2 unspecified atom stereocenters. The van der Waals surface area contributed by atoms with Crippen LogP contribution in [-0.4, -0.2) is 11.2 Å². The standard InChI is InChI=1S/C19H38O/c1-4-7-9-16(6-3)15-19(20)18-13-11-17(12-14-18)10-8-5-2/h16-20H,4-15H2,1-3H3. The molecule has 1 nitrogen and oxygen atoms in total. The van der Waals surface area contributed by atoms with Crippen LogP contribution in [0.5, 0.6) is 0 Å². The van der Waals surface area contributed by atoms with Crippen LogP contribution < -0.4 is 0 Å². The lowest BCUT2D eigenvalue weighted by Gasteiger charge is -2.33. The van der Waals surface area contributed by atoms with Gasteiger partial charge in [-0.1, -0.05) is 78.6 Å². The molecule has 1 aliphatic rings. The fraction of sp³-hybridized carbons (Fsp3) is 1.00. The number of hydrogen-bond acceptors (Lipinski definition) is 1. The Kier molecular flexibility index (Phi) is 9.59. The molecule has 20 heavy (non-hydrogen) atoms. The molecule has 0 aliphatic heterocycles. The Balaban J connectivity index is 2.25. The summed E-state index contributed by atoms with van der Waals surface area (Å²) in [5.41, 5.74) is 0. The maximum atomic E-state index is 10.5. The molecule has 0 saturated heterocycles. The third-order valence-corrected chi connectivity index (χ3v) is 5.52. The zero-order valence-corrected chi connectivity index (χ0v) is 14.2. The van der Waals surface area contributed by atoms with E-state index in [0.29, 0.717) is 5.92 Å². The highest BCUT2D eigenvalue weighted by atomic mass is 16.3. The summed E-state index contributed by atoms with van der Waals surface area (Å²) >= 11 is 0. The Bertz CT molecular complexity index is 218. The minimum Gasteiger partial charge on any atom is -0.393 e. The monoisotopic (exact) mass is 282 g/mol. The van der Waals surface area contributed by atoms with E-state index in [4.69, 9.17) is 0 Å². The van der Waals surface area contributed by atoms with Crippen LogP contribution in [0.1, 0.15) is 97.8 Å². The summed E-state index contributed by atoms with van der Waals surface area (Å²) in [5, 5.41) is 10.5. The lowest BCUT2D eigenvalue weighted by atomic mass is 9.75. The van der Waals surface area contributed by atoms with Gasteiger partial charge >= 0.3 is 0 Å². The minimum atomic E-state index is -0.0241. The summed E-state index contributed by atoms with van der Waals surface area (Å²) in [5.74, 6) is 2.31. The van der Waals surface area contributed by atoms with Crippen LogP contribution >= 0.6 is 0 Å². The topological polar surface area (TPSA) is 20.2 Å². The smallest absolute Gasteiger partial charge is 0.0571 e. The summed E-state index contributed by atoms with van der Waals surface area (Å²) in [6, 6.07) is 0. The number of hydrogen-bond donors (Lipinski definition) is 1. The molecule has 0 heterocycles. The predicted octanol–water partition coefficient (Wildman–Crippen LogP) is 5.95. The lowest BCUT2D eigenvalue weighted by molar-refractivity contribution is 0.0501. The van der Waals surface area contributed by atoms with Crippen molar-refractivity contribution in [3.8, 4) is 0 Å². The predicted molar refractivity (Wildman–Crippen MR) is 88.9 cm³/mol. The van der Waals surface area contributed by atoms with Crippen molar-refractivity contribution in [2.45, 2.75) is 104 Å². The van der Waals surface area contributed by atoms with E-state index in [9.17, 15) is 5.11 Å². The molecule has 0 aromatic rings. The first-order valence-electron chi connectivity index (χ1n) is 9.39. The van der Waals surface area contributed by atoms with E-state index in [-0.39, 0.29) is 6.10 Å². The van der Waals surface area contributed by atoms with Gasteiger partial charge in [-0.2, -0.15) is 0 Å². The second-order valence-corrected chi connectivity index (χ2v) is 7.14. The van der Waals surface area contributed by atoms with Gasteiger partial charge in [0.05, 0.1) is 6.10 Å². The first-order chi connectivity index (χ1) is 9.71. The molecule has 1 rings (SSSR count). The Labute approximate surface area is 127 Å². The molecule has 0 spiro atoms. The summed E-state index contributed by atoms with van der Waals surface area (Å²) in [6.07, 6.45) is 15.6. The molecule has 0 bridgehead atoms. The van der Waals surface area contributed by atoms with E-state index in [0.717, 1.165) is 18.3 Å². The number of aliphatic hydroxyl groups excluding tert-OH is 1. The van der Waals surface area contributed by atoms with Crippen molar-refractivity contribution in [2.75, 3.05) is 0 Å². The highest BCUT2D eigenvalue weighted by molar-refractivity contribution is 4.79. The minimum absolute atomic E-state index is 0.0241. The van der Waals surface area contributed by atoms with E-state index >= 15 is 0 Å². The third-order valence-electron chi connectivity index (χ3n) is 5.52. The largest absolute Gasteiger partial charge is 0.393 e. The molecule has 0 aromatic heterocycles. The fourth-order valence-corrected chi connectivity index (χ4v) is 3.87. The van der Waals surface area contributed by atoms with Crippen LogP contribution in [0.25, 0.3) is 0 Å². The first kappa shape index (κ1) is 18.0. The molecule has 1 heteroatoms. The van der Waals surface area contributed by atoms with Crippen LogP contribution in [0.4, 0.5) is 0 Å². The van der Waals surface area contributed by atoms with Gasteiger partial charge in [0.25, 0.3) is 0 Å². The van der Waals surface area contributed by atoms with E-state index < -0.39 is 0 Å². The van der Waals surface area contributed by atoms with Crippen LogP contribution in [0.2, 0.25) is 0 Å². The lowest BCUT2D eigenvalue weighted by Crippen LogP contribution is -2.27. The number of unbranched alkanes of at least 4 members (excludes halogenated alkanes) is 2. The van der Waals surface area contributed by atoms with Gasteiger partial charge in [0.15, 0.2) is 0 Å². The molecule has 1 fully saturated rings. The van der Waals surface area contributed by atoms with Crippen molar-refractivity contribution < 1.29 is 5.11 Å². The maximum Gasteiger partial charge on any atom is 0.0571 e. The zero-order valence-electron chi connectivity index (χ0n) is 14.2. The van der Waals surface area contributed by atoms with Crippen molar-refractivity contribution in [3.05, 3.63) is 0 Å². The van der Waals surface area contributed by atoms with Gasteiger partial charge in [-0.3, -0.25) is 0 Å². The van der Waals surface area contributed by atoms with E-state index in [1.54, 1.807) is 0 Å². The highest BCUT2D eigenvalue weighted by Crippen LogP contribution is 2.35. The Morgan fingerprint density at radius 3 is 2.15 bits per heavy atom. The van der Waals surface area contributed by atoms with Crippen LogP contribution in [0, 0.1) is 17.8 Å². The van der Waals surface area contributed by atoms with E-state index in [1.807, 2.05) is 0 Å². The van der Waals surface area contributed by atoms with E-state index in [2.05, 4.69) is 20.8 Å². The van der Waals surface area contributed by atoms with Crippen molar-refractivity contribution in [2.24, 2.45) is 17.8 Å². The van der Waals surface area contributed by atoms with Gasteiger partial charge in [-0.15, -0.1) is 0 Å². The second-order valence-electron chi connectivity index (χ2n) is 7.14. The molecule has 2 atom stereocenters. The van der Waals surface area contributed by atoms with Gasteiger partial charge < -0.3 is 5.11 Å². The van der Waals surface area contributed by atoms with Gasteiger partial charge in [-0.25, -0.2) is 0 Å². The van der Waals surface area contributed by atoms with E-state index in [1.165, 1.54) is 70.6 Å². The fourth-order valence-electron chi connectivity index (χ4n) is 3.87. The maximum absolute atomic E-state index is 10.5. The molecule has 1 N–H and O–H groups in total. The Hall–Kier alpha value is -0.0400. The SMILES string of the molecule is CCCCC1CCC(C(O)CC(CC)CCCC)CC1. The number of aliphatic hydroxyl groups is 1. The summed E-state index contributed by atoms with van der Waals surface area (Å²) in [6.45, 7) is 6.84. The van der Waals surface area contributed by atoms with Gasteiger partial charge in [0.1, 0.15) is 0 Å². The van der Waals surface area contributed by atoms with Crippen LogP contribution in [0.3, 0.4) is 0 Å². The molecule has 0 aromatic carbocycles. The molecule has 120 valence electrons. The van der Waals surface area contributed by atoms with Crippen LogP contribution in [0.15, 0.2) is 0 Å². The average molecular weight is 283 g/mol. The summed E-state index contributed by atoms with van der Waals surface area (Å²) in [7, 11) is 0. The zero-order chi connectivity index (χ0) is 14.8.